The molecule has 3 aromatic rings. The number of halogens is 1. The van der Waals surface area contributed by atoms with Gasteiger partial charge in [-0.15, -0.1) is 11.3 Å². The molecule has 0 bridgehead atoms. The molecule has 1 amide bonds. The molecule has 2 aliphatic rings. The van der Waals surface area contributed by atoms with E-state index in [9.17, 15) is 28.9 Å². The number of ether oxygens (including phenoxy) is 1. The predicted molar refractivity (Wildman–Crippen MR) is 138 cm³/mol. The summed E-state index contributed by atoms with van der Waals surface area (Å²) in [5.41, 5.74) is 0.704. The molecular weight excluding hydrogens is 511 g/mol. The van der Waals surface area contributed by atoms with Crippen LogP contribution < -0.4 is 4.90 Å². The van der Waals surface area contributed by atoms with Crippen LogP contribution in [0.25, 0.3) is 0 Å². The molecule has 0 saturated carbocycles. The summed E-state index contributed by atoms with van der Waals surface area (Å²) in [4.78, 5) is 53.9. The number of nitro groups is 1. The van der Waals surface area contributed by atoms with Gasteiger partial charge >= 0.3 is 5.97 Å². The van der Waals surface area contributed by atoms with Gasteiger partial charge in [0, 0.05) is 46.5 Å². The van der Waals surface area contributed by atoms with Crippen molar-refractivity contribution in [2.24, 2.45) is 5.92 Å². The summed E-state index contributed by atoms with van der Waals surface area (Å²) in [6, 6.07) is 15.2. The highest BCUT2D eigenvalue weighted by molar-refractivity contribution is 7.10. The van der Waals surface area contributed by atoms with Gasteiger partial charge in [0.2, 0.25) is 5.91 Å². The molecule has 38 heavy (non-hydrogen) atoms. The molecule has 1 aromatic heterocycles. The molecule has 0 saturated heterocycles. The van der Waals surface area contributed by atoms with Crippen LogP contribution in [0, 0.1) is 21.8 Å². The van der Waals surface area contributed by atoms with Crippen LogP contribution in [0.3, 0.4) is 0 Å². The number of carbonyl (C=O) groups is 3. The third-order valence-corrected chi connectivity index (χ3v) is 7.95. The van der Waals surface area contributed by atoms with E-state index < -0.39 is 46.2 Å². The van der Waals surface area contributed by atoms with E-state index in [4.69, 9.17) is 4.74 Å². The second-order valence-electron chi connectivity index (χ2n) is 9.07. The molecule has 8 nitrogen and oxygen atoms in total. The van der Waals surface area contributed by atoms with Crippen LogP contribution in [-0.4, -0.2) is 29.2 Å². The zero-order valence-corrected chi connectivity index (χ0v) is 21.2. The van der Waals surface area contributed by atoms with Crippen molar-refractivity contribution in [3.63, 3.8) is 0 Å². The number of para-hydroxylation sites is 1. The first kappa shape index (κ1) is 25.5. The van der Waals surface area contributed by atoms with Crippen molar-refractivity contribution in [1.29, 1.82) is 0 Å². The number of Topliss-reactive ketones (excluding diaryl/α,β-unsaturated/α-hetero) is 1. The standard InChI is InChI=1S/C28H23FN2O6S/c1-2-37-28(34)26-19(23-11-6-12-38-23)14-22-25(27(26)33)18(16-7-5-8-17(13-16)31(35)36)15-24(32)30(22)21-10-4-3-9-20(21)29/h3-13,18-19,26H,2,14-15H2,1H3/t18-,19+,26-/m0/s1. The minimum absolute atomic E-state index is 0.00908. The smallest absolute Gasteiger partial charge is 0.317 e. The Kier molecular flexibility index (Phi) is 6.90. The SMILES string of the molecule is CCOC(=O)[C@@H]1C(=O)C2=C(C[C@@H]1c1cccs1)N(c1ccccc1F)C(=O)C[C@H]2c1cccc([N+](=O)[O-])c1. The lowest BCUT2D eigenvalue weighted by Crippen LogP contribution is -2.46. The van der Waals surface area contributed by atoms with Crippen LogP contribution in [0.2, 0.25) is 0 Å². The van der Waals surface area contributed by atoms with Crippen LogP contribution in [0.15, 0.2) is 77.3 Å². The maximum atomic E-state index is 15.0. The molecular formula is C28H23FN2O6S. The number of hydrogen-bond donors (Lipinski definition) is 0. The van der Waals surface area contributed by atoms with E-state index in [-0.39, 0.29) is 36.4 Å². The van der Waals surface area contributed by atoms with E-state index in [0.717, 1.165) is 4.88 Å². The molecule has 1 aliphatic carbocycles. The lowest BCUT2D eigenvalue weighted by atomic mass is 9.69. The number of nitro benzene ring substituents is 1. The molecule has 2 aromatic carbocycles. The van der Waals surface area contributed by atoms with Gasteiger partial charge < -0.3 is 4.74 Å². The van der Waals surface area contributed by atoms with Crippen molar-refractivity contribution in [2.75, 3.05) is 11.5 Å². The van der Waals surface area contributed by atoms with E-state index >= 15 is 0 Å². The number of anilines is 1. The Bertz CT molecular complexity index is 1470. The number of non-ortho nitro benzene ring substituents is 1. The molecule has 3 atom stereocenters. The molecule has 194 valence electrons. The van der Waals surface area contributed by atoms with Gasteiger partial charge in [-0.25, -0.2) is 4.39 Å². The molecule has 1 aliphatic heterocycles. The fraction of sp³-hybridized carbons (Fsp3) is 0.250. The number of benzene rings is 2. The van der Waals surface area contributed by atoms with Crippen LogP contribution in [0.5, 0.6) is 0 Å². The number of amides is 1. The van der Waals surface area contributed by atoms with Crippen LogP contribution in [-0.2, 0) is 19.1 Å². The second kappa shape index (κ2) is 10.3. The number of nitrogens with zero attached hydrogens (tertiary/aromatic N) is 2. The number of ketones is 1. The first-order chi connectivity index (χ1) is 18.3. The molecule has 0 radical (unpaired) electrons. The molecule has 0 fully saturated rings. The Morgan fingerprint density at radius 2 is 1.92 bits per heavy atom. The van der Waals surface area contributed by atoms with Gasteiger partial charge in [0.25, 0.3) is 5.69 Å². The first-order valence-electron chi connectivity index (χ1n) is 12.1. The normalized spacial score (nSPS) is 21.3. The largest absolute Gasteiger partial charge is 0.465 e. The summed E-state index contributed by atoms with van der Waals surface area (Å²) in [5, 5.41) is 13.3. The van der Waals surface area contributed by atoms with E-state index in [2.05, 4.69) is 0 Å². The minimum Gasteiger partial charge on any atom is -0.465 e. The average Bonchev–Trinajstić information content (AvgIpc) is 3.44. The van der Waals surface area contributed by atoms with E-state index in [1.54, 1.807) is 19.1 Å². The zero-order chi connectivity index (χ0) is 27.0. The summed E-state index contributed by atoms with van der Waals surface area (Å²) in [6.45, 7) is 1.74. The minimum atomic E-state index is -1.16. The van der Waals surface area contributed by atoms with Crippen molar-refractivity contribution in [3.05, 3.63) is 104 Å². The van der Waals surface area contributed by atoms with Gasteiger partial charge in [0.1, 0.15) is 11.7 Å². The Morgan fingerprint density at radius 1 is 1.13 bits per heavy atom. The van der Waals surface area contributed by atoms with Crippen molar-refractivity contribution in [2.45, 2.75) is 31.6 Å². The highest BCUT2D eigenvalue weighted by Gasteiger charge is 2.50. The third kappa shape index (κ3) is 4.41. The van der Waals surface area contributed by atoms with Crippen LogP contribution in [0.1, 0.15) is 42.0 Å². The number of rotatable bonds is 6. The van der Waals surface area contributed by atoms with Crippen molar-refractivity contribution < 1.29 is 28.4 Å². The van der Waals surface area contributed by atoms with Crippen LogP contribution in [0.4, 0.5) is 15.8 Å². The maximum absolute atomic E-state index is 15.0. The maximum Gasteiger partial charge on any atom is 0.317 e. The molecule has 0 unspecified atom stereocenters. The fourth-order valence-corrected chi connectivity index (χ4v) is 6.22. The summed E-state index contributed by atoms with van der Waals surface area (Å²) < 4.78 is 20.3. The topological polar surface area (TPSA) is 107 Å². The quantitative estimate of drug-likeness (QED) is 0.179. The molecule has 0 spiro atoms. The zero-order valence-electron chi connectivity index (χ0n) is 20.3. The van der Waals surface area contributed by atoms with Gasteiger partial charge in [-0.1, -0.05) is 30.3 Å². The van der Waals surface area contributed by atoms with Crippen LogP contribution >= 0.6 is 11.3 Å². The monoisotopic (exact) mass is 534 g/mol. The summed E-state index contributed by atoms with van der Waals surface area (Å²) in [5.74, 6) is -4.89. The lowest BCUT2D eigenvalue weighted by Gasteiger charge is -2.42. The van der Waals surface area contributed by atoms with Gasteiger partial charge in [-0.2, -0.15) is 0 Å². The highest BCUT2D eigenvalue weighted by atomic mass is 32.1. The van der Waals surface area contributed by atoms with Gasteiger partial charge in [-0.3, -0.25) is 29.4 Å². The van der Waals surface area contributed by atoms with E-state index in [1.165, 1.54) is 52.6 Å². The summed E-state index contributed by atoms with van der Waals surface area (Å²) >= 11 is 1.38. The third-order valence-electron chi connectivity index (χ3n) is 6.95. The Morgan fingerprint density at radius 3 is 2.61 bits per heavy atom. The Balaban J connectivity index is 1.74. The Hall–Kier alpha value is -4.18. The second-order valence-corrected chi connectivity index (χ2v) is 10.0. The molecule has 2 heterocycles. The number of allylic oxidation sites excluding steroid dienone is 2. The fourth-order valence-electron chi connectivity index (χ4n) is 5.35. The van der Waals surface area contributed by atoms with Crippen molar-refractivity contribution >= 4 is 40.4 Å². The molecule has 10 heteroatoms. The average molecular weight is 535 g/mol. The number of esters is 1. The number of hydrogen-bond acceptors (Lipinski definition) is 7. The van der Waals surface area contributed by atoms with Gasteiger partial charge in [0.05, 0.1) is 17.2 Å². The lowest BCUT2D eigenvalue weighted by molar-refractivity contribution is -0.384. The van der Waals surface area contributed by atoms with Crippen molar-refractivity contribution in [1.82, 2.24) is 0 Å². The van der Waals surface area contributed by atoms with E-state index in [0.29, 0.717) is 11.3 Å². The predicted octanol–water partition coefficient (Wildman–Crippen LogP) is 5.51. The van der Waals surface area contributed by atoms with Gasteiger partial charge in [0.15, 0.2) is 5.78 Å². The Labute approximate surface area is 221 Å². The highest BCUT2D eigenvalue weighted by Crippen LogP contribution is 2.50. The summed E-state index contributed by atoms with van der Waals surface area (Å²) in [6.07, 6.45) is -0.115. The van der Waals surface area contributed by atoms with Crippen molar-refractivity contribution in [3.8, 4) is 0 Å². The number of thiophene rings is 1. The summed E-state index contributed by atoms with van der Waals surface area (Å²) in [7, 11) is 0. The van der Waals surface area contributed by atoms with E-state index in [1.807, 2.05) is 17.5 Å². The molecule has 5 rings (SSSR count). The number of carbonyl (C=O) groups excluding carboxylic acids is 3. The van der Waals surface area contributed by atoms with Gasteiger partial charge in [-0.05, 0) is 42.5 Å². The first-order valence-corrected chi connectivity index (χ1v) is 13.0. The molecule has 0 N–H and O–H groups in total.